The Morgan fingerprint density at radius 2 is 2.05 bits per heavy atom. The predicted octanol–water partition coefficient (Wildman–Crippen LogP) is 4.07. The number of ether oxygens (including phenoxy) is 1. The zero-order valence-corrected chi connectivity index (χ0v) is 15.3. The Morgan fingerprint density at radius 3 is 2.73 bits per heavy atom. The number of nitrogens with zero attached hydrogens (tertiary/aromatic N) is 4. The quantitative estimate of drug-likeness (QED) is 0.787. The van der Waals surface area contributed by atoms with Gasteiger partial charge in [0.25, 0.3) is 0 Å². The van der Waals surface area contributed by atoms with E-state index in [4.69, 9.17) is 9.84 Å². The maximum Gasteiger partial charge on any atom is 0.212 e. The Labute approximate surface area is 142 Å². The van der Waals surface area contributed by atoms with Crippen molar-refractivity contribution in [3.63, 3.8) is 0 Å². The van der Waals surface area contributed by atoms with Gasteiger partial charge in [-0.3, -0.25) is 0 Å². The van der Waals surface area contributed by atoms with Gasteiger partial charge in [-0.15, -0.1) is 10.2 Å². The Hall–Kier alpha value is -1.34. The molecule has 5 nitrogen and oxygen atoms in total. The fraction of sp³-hybridized carbons (Fsp3) is 0.400. The predicted molar refractivity (Wildman–Crippen MR) is 92.7 cm³/mol. The lowest BCUT2D eigenvalue weighted by molar-refractivity contribution is 0.415. The van der Waals surface area contributed by atoms with Gasteiger partial charge in [-0.05, 0) is 18.2 Å². The van der Waals surface area contributed by atoms with Gasteiger partial charge < -0.3 is 4.74 Å². The summed E-state index contributed by atoms with van der Waals surface area (Å²) in [5.41, 5.74) is 2.07. The highest BCUT2D eigenvalue weighted by Gasteiger charge is 2.27. The molecule has 0 spiro atoms. The molecule has 0 saturated heterocycles. The van der Waals surface area contributed by atoms with Crippen LogP contribution in [0.5, 0.6) is 5.75 Å². The highest BCUT2D eigenvalue weighted by molar-refractivity contribution is 9.10. The summed E-state index contributed by atoms with van der Waals surface area (Å²) >= 11 is 5.24. The number of fused-ring (bicyclic) bond motifs is 1. The van der Waals surface area contributed by atoms with Crippen molar-refractivity contribution in [1.82, 2.24) is 14.9 Å². The van der Waals surface area contributed by atoms with E-state index < -0.39 is 0 Å². The second-order valence-corrected chi connectivity index (χ2v) is 7.85. The summed E-state index contributed by atoms with van der Waals surface area (Å²) in [7, 11) is 1.65. The maximum absolute atomic E-state index is 5.31. The fourth-order valence-electron chi connectivity index (χ4n) is 2.07. The van der Waals surface area contributed by atoms with E-state index in [0.29, 0.717) is 0 Å². The van der Waals surface area contributed by atoms with E-state index in [0.717, 1.165) is 38.2 Å². The second-order valence-electron chi connectivity index (χ2n) is 6.05. The first kappa shape index (κ1) is 15.6. The molecule has 2 heterocycles. The van der Waals surface area contributed by atoms with E-state index in [1.54, 1.807) is 18.9 Å². The normalized spacial score (nSPS) is 14.5. The minimum Gasteiger partial charge on any atom is -0.497 e. The summed E-state index contributed by atoms with van der Waals surface area (Å²) in [4.78, 5) is 0. The summed E-state index contributed by atoms with van der Waals surface area (Å²) < 4.78 is 8.07. The van der Waals surface area contributed by atoms with Gasteiger partial charge in [0.2, 0.25) is 5.16 Å². The molecule has 0 bridgehead atoms. The number of hydrogen-bond donors (Lipinski definition) is 0. The minimum absolute atomic E-state index is 0.0256. The molecule has 116 valence electrons. The van der Waals surface area contributed by atoms with Crippen LogP contribution in [-0.4, -0.2) is 33.4 Å². The molecule has 1 aromatic carbocycles. The van der Waals surface area contributed by atoms with Gasteiger partial charge in [0.05, 0.1) is 12.8 Å². The van der Waals surface area contributed by atoms with Crippen LogP contribution in [-0.2, 0) is 0 Å². The van der Waals surface area contributed by atoms with E-state index in [2.05, 4.69) is 46.9 Å². The van der Waals surface area contributed by atoms with Gasteiger partial charge in [0.1, 0.15) is 5.75 Å². The molecule has 22 heavy (non-hydrogen) atoms. The smallest absolute Gasteiger partial charge is 0.212 e. The van der Waals surface area contributed by atoms with Crippen LogP contribution in [0.25, 0.3) is 11.4 Å². The molecule has 1 aromatic heterocycles. The Kier molecular flexibility index (Phi) is 4.03. The standard InChI is InChI=1S/C15H17BrN4OS/c1-15(2,3)12-8-22-14-18-17-13(20(14)19-12)10-7-9(21-4)5-6-11(10)16/h5-7H,8H2,1-4H3. The fourth-order valence-corrected chi connectivity index (χ4v) is 3.59. The lowest BCUT2D eigenvalue weighted by Gasteiger charge is -2.24. The van der Waals surface area contributed by atoms with Crippen molar-refractivity contribution in [2.45, 2.75) is 25.9 Å². The molecule has 0 N–H and O–H groups in total. The number of hydrogen-bond acceptors (Lipinski definition) is 5. The zero-order chi connectivity index (χ0) is 15.9. The molecular weight excluding hydrogens is 364 g/mol. The van der Waals surface area contributed by atoms with Crippen LogP contribution < -0.4 is 4.74 Å². The Bertz CT molecular complexity index is 748. The molecule has 3 rings (SSSR count). The summed E-state index contributed by atoms with van der Waals surface area (Å²) in [5.74, 6) is 2.34. The Morgan fingerprint density at radius 1 is 1.27 bits per heavy atom. The average Bonchev–Trinajstić information content (AvgIpc) is 2.90. The van der Waals surface area contributed by atoms with Crippen molar-refractivity contribution in [1.29, 1.82) is 0 Å². The number of rotatable bonds is 2. The molecule has 0 saturated carbocycles. The highest BCUT2D eigenvalue weighted by atomic mass is 79.9. The van der Waals surface area contributed by atoms with Gasteiger partial charge >= 0.3 is 0 Å². The molecule has 2 aromatic rings. The molecule has 0 atom stereocenters. The number of halogens is 1. The van der Waals surface area contributed by atoms with E-state index >= 15 is 0 Å². The third-order valence-corrected chi connectivity index (χ3v) is 5.07. The van der Waals surface area contributed by atoms with Crippen LogP contribution in [0.15, 0.2) is 32.9 Å². The molecule has 0 fully saturated rings. The van der Waals surface area contributed by atoms with E-state index in [9.17, 15) is 0 Å². The molecule has 1 aliphatic rings. The van der Waals surface area contributed by atoms with Crippen LogP contribution in [0.1, 0.15) is 20.8 Å². The molecule has 7 heteroatoms. The zero-order valence-electron chi connectivity index (χ0n) is 12.9. The summed E-state index contributed by atoms with van der Waals surface area (Å²) in [6, 6.07) is 5.78. The summed E-state index contributed by atoms with van der Waals surface area (Å²) in [6.45, 7) is 6.51. The van der Waals surface area contributed by atoms with Crippen molar-refractivity contribution >= 4 is 33.4 Å². The molecule has 0 aliphatic carbocycles. The van der Waals surface area contributed by atoms with E-state index in [1.165, 1.54) is 0 Å². The van der Waals surface area contributed by atoms with Gasteiger partial charge in [0, 0.05) is 21.2 Å². The number of thioether (sulfide) groups is 1. The SMILES string of the molecule is COc1ccc(Br)c(-c2nnc3n2N=C(C(C)(C)C)CS3)c1. The van der Waals surface area contributed by atoms with Crippen molar-refractivity contribution in [3.05, 3.63) is 22.7 Å². The van der Waals surface area contributed by atoms with E-state index in [-0.39, 0.29) is 5.41 Å². The van der Waals surface area contributed by atoms with Crippen molar-refractivity contribution in [2.75, 3.05) is 12.9 Å². The lowest BCUT2D eigenvalue weighted by atomic mass is 9.91. The maximum atomic E-state index is 5.31. The second kappa shape index (κ2) is 5.70. The highest BCUT2D eigenvalue weighted by Crippen LogP contribution is 2.35. The first-order valence-corrected chi connectivity index (χ1v) is 8.68. The third kappa shape index (κ3) is 2.79. The minimum atomic E-state index is 0.0256. The first-order chi connectivity index (χ1) is 10.4. The van der Waals surface area contributed by atoms with Crippen LogP contribution in [0, 0.1) is 5.41 Å². The molecule has 1 aliphatic heterocycles. The van der Waals surface area contributed by atoms with Crippen molar-refractivity contribution in [3.8, 4) is 17.1 Å². The average molecular weight is 381 g/mol. The Balaban J connectivity index is 2.13. The van der Waals surface area contributed by atoms with Gasteiger partial charge in [0.15, 0.2) is 5.82 Å². The van der Waals surface area contributed by atoms with Gasteiger partial charge in [-0.2, -0.15) is 9.78 Å². The molecule has 0 unspecified atom stereocenters. The lowest BCUT2D eigenvalue weighted by Crippen LogP contribution is -2.26. The summed E-state index contributed by atoms with van der Waals surface area (Å²) in [6.07, 6.45) is 0. The van der Waals surface area contributed by atoms with Crippen molar-refractivity contribution in [2.24, 2.45) is 10.5 Å². The molecule has 0 amide bonds. The molecule has 0 radical (unpaired) electrons. The number of aromatic nitrogens is 3. The third-order valence-electron chi connectivity index (χ3n) is 3.45. The molecular formula is C15H17BrN4OS. The van der Waals surface area contributed by atoms with E-state index in [1.807, 2.05) is 22.9 Å². The number of benzene rings is 1. The van der Waals surface area contributed by atoms with Gasteiger partial charge in [-0.1, -0.05) is 48.5 Å². The van der Waals surface area contributed by atoms with Crippen LogP contribution in [0.3, 0.4) is 0 Å². The van der Waals surface area contributed by atoms with Gasteiger partial charge in [-0.25, -0.2) is 0 Å². The summed E-state index contributed by atoms with van der Waals surface area (Å²) in [5, 5.41) is 14.2. The van der Waals surface area contributed by atoms with Crippen LogP contribution >= 0.6 is 27.7 Å². The topological polar surface area (TPSA) is 52.3 Å². The first-order valence-electron chi connectivity index (χ1n) is 6.90. The monoisotopic (exact) mass is 380 g/mol. The van der Waals surface area contributed by atoms with Crippen molar-refractivity contribution < 1.29 is 4.74 Å². The number of methoxy groups -OCH3 is 1. The van der Waals surface area contributed by atoms with Crippen LogP contribution in [0.2, 0.25) is 0 Å². The van der Waals surface area contributed by atoms with Crippen LogP contribution in [0.4, 0.5) is 0 Å². The largest absolute Gasteiger partial charge is 0.497 e.